The van der Waals surface area contributed by atoms with Gasteiger partial charge < -0.3 is 9.32 Å². The van der Waals surface area contributed by atoms with Crippen LogP contribution in [0.5, 0.6) is 0 Å². The highest BCUT2D eigenvalue weighted by molar-refractivity contribution is 5.78. The first-order valence-corrected chi connectivity index (χ1v) is 10.8. The molecule has 3 aromatic rings. The lowest BCUT2D eigenvalue weighted by Crippen LogP contribution is -2.43. The van der Waals surface area contributed by atoms with Crippen LogP contribution in [0.25, 0.3) is 0 Å². The molecule has 0 N–H and O–H groups in total. The Balaban J connectivity index is 1.70. The van der Waals surface area contributed by atoms with E-state index in [1.165, 1.54) is 17.7 Å². The van der Waals surface area contributed by atoms with Gasteiger partial charge in [0.15, 0.2) is 0 Å². The van der Waals surface area contributed by atoms with Gasteiger partial charge in [0, 0.05) is 19.1 Å². The number of nitrogens with zero attached hydrogens (tertiary/aromatic N) is 2. The molecule has 0 aliphatic heterocycles. The van der Waals surface area contributed by atoms with Gasteiger partial charge in [-0.3, -0.25) is 9.69 Å². The minimum Gasteiger partial charge on any atom is -0.464 e. The molecule has 0 bridgehead atoms. The fourth-order valence-corrected chi connectivity index (χ4v) is 3.48. The predicted molar refractivity (Wildman–Crippen MR) is 121 cm³/mol. The van der Waals surface area contributed by atoms with Crippen molar-refractivity contribution in [2.75, 3.05) is 13.1 Å². The van der Waals surface area contributed by atoms with Crippen LogP contribution in [0.3, 0.4) is 0 Å². The molecule has 0 fully saturated rings. The normalized spacial score (nSPS) is 11.3. The second-order valence-corrected chi connectivity index (χ2v) is 8.19. The lowest BCUT2D eigenvalue weighted by Gasteiger charge is -2.30. The molecule has 0 spiro atoms. The molecule has 0 unspecified atom stereocenters. The van der Waals surface area contributed by atoms with Crippen molar-refractivity contribution in [3.63, 3.8) is 0 Å². The summed E-state index contributed by atoms with van der Waals surface area (Å²) in [7, 11) is 0. The summed E-state index contributed by atoms with van der Waals surface area (Å²) < 4.78 is 19.0. The molecule has 0 radical (unpaired) electrons. The molecule has 1 heterocycles. The third-order valence-electron chi connectivity index (χ3n) is 5.38. The average molecular weight is 423 g/mol. The summed E-state index contributed by atoms with van der Waals surface area (Å²) in [6.07, 6.45) is 0.784. The molecule has 3 rings (SSSR count). The number of carbonyl (C=O) groups excluding carboxylic acids is 1. The Labute approximate surface area is 184 Å². The molecular formula is C26H31FN2O2. The maximum absolute atomic E-state index is 13.3. The van der Waals surface area contributed by atoms with Crippen molar-refractivity contribution in [3.05, 3.63) is 95.2 Å². The Bertz CT molecular complexity index is 951. The van der Waals surface area contributed by atoms with Gasteiger partial charge in [0.1, 0.15) is 17.3 Å². The number of furan rings is 1. The van der Waals surface area contributed by atoms with E-state index in [1.54, 1.807) is 12.1 Å². The van der Waals surface area contributed by atoms with Crippen LogP contribution in [0.15, 0.2) is 71.1 Å². The van der Waals surface area contributed by atoms with E-state index in [0.29, 0.717) is 26.2 Å². The van der Waals surface area contributed by atoms with Crippen LogP contribution in [-0.2, 0) is 24.3 Å². The third-order valence-corrected chi connectivity index (χ3v) is 5.38. The van der Waals surface area contributed by atoms with Crippen LogP contribution in [0.4, 0.5) is 4.39 Å². The molecule has 164 valence electrons. The van der Waals surface area contributed by atoms with Crippen molar-refractivity contribution in [3.8, 4) is 0 Å². The summed E-state index contributed by atoms with van der Waals surface area (Å²) in [4.78, 5) is 17.3. The fraction of sp³-hybridized carbons (Fsp3) is 0.346. The van der Waals surface area contributed by atoms with E-state index in [4.69, 9.17) is 4.42 Å². The Morgan fingerprint density at radius 2 is 1.65 bits per heavy atom. The van der Waals surface area contributed by atoms with Crippen molar-refractivity contribution < 1.29 is 13.6 Å². The van der Waals surface area contributed by atoms with E-state index >= 15 is 0 Å². The van der Waals surface area contributed by atoms with Gasteiger partial charge >= 0.3 is 0 Å². The molecule has 5 heteroatoms. The lowest BCUT2D eigenvalue weighted by molar-refractivity contribution is -0.134. The first-order valence-electron chi connectivity index (χ1n) is 10.8. The summed E-state index contributed by atoms with van der Waals surface area (Å²) >= 11 is 0. The van der Waals surface area contributed by atoms with E-state index in [-0.39, 0.29) is 17.8 Å². The zero-order valence-corrected chi connectivity index (χ0v) is 18.6. The number of hydrogen-bond donors (Lipinski definition) is 0. The number of rotatable bonds is 10. The second kappa shape index (κ2) is 10.9. The summed E-state index contributed by atoms with van der Waals surface area (Å²) in [5.41, 5.74) is 2.18. The first kappa shape index (κ1) is 22.8. The summed E-state index contributed by atoms with van der Waals surface area (Å²) in [6.45, 7) is 8.00. The van der Waals surface area contributed by atoms with Gasteiger partial charge in [-0.25, -0.2) is 4.39 Å². The van der Waals surface area contributed by atoms with Crippen LogP contribution in [0.2, 0.25) is 0 Å². The monoisotopic (exact) mass is 422 g/mol. The first-order chi connectivity index (χ1) is 14.9. The molecule has 2 aromatic carbocycles. The number of hydrogen-bond acceptors (Lipinski definition) is 3. The van der Waals surface area contributed by atoms with Crippen molar-refractivity contribution in [1.29, 1.82) is 0 Å². The molecule has 4 nitrogen and oxygen atoms in total. The molecule has 0 aliphatic rings. The average Bonchev–Trinajstić information content (AvgIpc) is 3.17. The van der Waals surface area contributed by atoms with E-state index in [2.05, 4.69) is 30.9 Å². The van der Waals surface area contributed by atoms with Crippen molar-refractivity contribution >= 4 is 5.91 Å². The third kappa shape index (κ3) is 7.07. The van der Waals surface area contributed by atoms with E-state index in [9.17, 15) is 9.18 Å². The molecule has 31 heavy (non-hydrogen) atoms. The fourth-order valence-electron chi connectivity index (χ4n) is 3.48. The smallest absolute Gasteiger partial charge is 0.237 e. The van der Waals surface area contributed by atoms with Gasteiger partial charge in [-0.1, -0.05) is 42.5 Å². The molecule has 0 saturated heterocycles. The number of halogens is 1. The largest absolute Gasteiger partial charge is 0.464 e. The number of benzene rings is 2. The van der Waals surface area contributed by atoms with Gasteiger partial charge in [-0.15, -0.1) is 0 Å². The summed E-state index contributed by atoms with van der Waals surface area (Å²) in [5.74, 6) is 1.43. The van der Waals surface area contributed by atoms with Crippen molar-refractivity contribution in [1.82, 2.24) is 9.80 Å². The van der Waals surface area contributed by atoms with Crippen LogP contribution in [0.1, 0.15) is 36.5 Å². The highest BCUT2D eigenvalue weighted by atomic mass is 19.1. The molecule has 0 atom stereocenters. The van der Waals surface area contributed by atoms with Crippen molar-refractivity contribution in [2.24, 2.45) is 0 Å². The zero-order chi connectivity index (χ0) is 22.2. The van der Waals surface area contributed by atoms with Crippen LogP contribution in [0, 0.1) is 12.7 Å². The standard InChI is InChI=1S/C26H31FN2O2/c1-20(2)29(17-23-10-12-24(27)13-11-23)19-26(30)28(18-25-14-9-21(3)31-25)16-15-22-7-5-4-6-8-22/h4-14,20H,15-19H2,1-3H3. The molecule has 0 saturated carbocycles. The Hall–Kier alpha value is -2.92. The number of carbonyl (C=O) groups is 1. The molecular weight excluding hydrogens is 391 g/mol. The lowest BCUT2D eigenvalue weighted by atomic mass is 10.1. The van der Waals surface area contributed by atoms with E-state index < -0.39 is 0 Å². The topological polar surface area (TPSA) is 36.7 Å². The number of amides is 1. The van der Waals surface area contributed by atoms with E-state index in [0.717, 1.165) is 23.5 Å². The van der Waals surface area contributed by atoms with Crippen LogP contribution < -0.4 is 0 Å². The van der Waals surface area contributed by atoms with Gasteiger partial charge in [0.2, 0.25) is 5.91 Å². The van der Waals surface area contributed by atoms with Crippen LogP contribution >= 0.6 is 0 Å². The highest BCUT2D eigenvalue weighted by Gasteiger charge is 2.21. The van der Waals surface area contributed by atoms with Crippen molar-refractivity contribution in [2.45, 2.75) is 46.3 Å². The van der Waals surface area contributed by atoms with Gasteiger partial charge in [0.25, 0.3) is 0 Å². The Morgan fingerprint density at radius 1 is 0.935 bits per heavy atom. The predicted octanol–water partition coefficient (Wildman–Crippen LogP) is 5.21. The molecule has 1 amide bonds. The second-order valence-electron chi connectivity index (χ2n) is 8.19. The quantitative estimate of drug-likeness (QED) is 0.450. The van der Waals surface area contributed by atoms with Gasteiger partial charge in [-0.2, -0.15) is 0 Å². The van der Waals surface area contributed by atoms with Gasteiger partial charge in [0.05, 0.1) is 13.1 Å². The SMILES string of the molecule is Cc1ccc(CN(CCc2ccccc2)C(=O)CN(Cc2ccc(F)cc2)C(C)C)o1. The zero-order valence-electron chi connectivity index (χ0n) is 18.6. The minimum atomic E-state index is -0.253. The summed E-state index contributed by atoms with van der Waals surface area (Å²) in [6, 6.07) is 20.7. The molecule has 1 aromatic heterocycles. The Morgan fingerprint density at radius 3 is 2.26 bits per heavy atom. The maximum Gasteiger partial charge on any atom is 0.237 e. The minimum absolute atomic E-state index is 0.0563. The maximum atomic E-state index is 13.3. The summed E-state index contributed by atoms with van der Waals surface area (Å²) in [5, 5.41) is 0. The van der Waals surface area contributed by atoms with Gasteiger partial charge in [-0.05, 0) is 62.6 Å². The number of aryl methyl sites for hydroxylation is 1. The Kier molecular flexibility index (Phi) is 8.01. The van der Waals surface area contributed by atoms with E-state index in [1.807, 2.05) is 42.2 Å². The molecule has 0 aliphatic carbocycles. The van der Waals surface area contributed by atoms with Crippen LogP contribution in [-0.4, -0.2) is 34.8 Å². The highest BCUT2D eigenvalue weighted by Crippen LogP contribution is 2.14.